The van der Waals surface area contributed by atoms with Gasteiger partial charge in [0.2, 0.25) is 0 Å². The topological polar surface area (TPSA) is 41.9 Å². The van der Waals surface area contributed by atoms with Crippen molar-refractivity contribution in [3.8, 4) is 0 Å². The molecule has 2 aliphatic rings. The maximum atomic E-state index is 12.3. The predicted molar refractivity (Wildman–Crippen MR) is 105 cm³/mol. The number of rotatable bonds is 1. The fourth-order valence-corrected chi connectivity index (χ4v) is 4.03. The van der Waals surface area contributed by atoms with Crippen LogP contribution < -0.4 is 0 Å². The highest BCUT2D eigenvalue weighted by Gasteiger charge is 2.31. The number of amidine groups is 1. The highest BCUT2D eigenvalue weighted by atomic mass is 32.2. The molecule has 5 heteroatoms. The highest BCUT2D eigenvalue weighted by molar-refractivity contribution is 8.18. The van der Waals surface area contributed by atoms with Crippen molar-refractivity contribution < 1.29 is 9.53 Å². The number of morpholine rings is 1. The Morgan fingerprint density at radius 1 is 1.16 bits per heavy atom. The Morgan fingerprint density at radius 2 is 1.76 bits per heavy atom. The number of carbonyl (C=O) groups excluding carboxylic acids is 1. The summed E-state index contributed by atoms with van der Waals surface area (Å²) >= 11 is 1.47. The van der Waals surface area contributed by atoms with E-state index in [0.717, 1.165) is 23.8 Å². The van der Waals surface area contributed by atoms with E-state index in [4.69, 9.17) is 4.74 Å². The molecule has 0 N–H and O–H groups in total. The van der Waals surface area contributed by atoms with Crippen LogP contribution in [0.3, 0.4) is 0 Å². The SMILES string of the molecule is C[C@@H]1CN(C2=NC(=O)/C(=C/c3ccc(C(C)(C)C)cc3)S2)C[C@H](C)O1. The lowest BCUT2D eigenvalue weighted by Crippen LogP contribution is -2.47. The van der Waals surface area contributed by atoms with Gasteiger partial charge in [0.05, 0.1) is 17.1 Å². The third kappa shape index (κ3) is 4.33. The molecule has 2 atom stereocenters. The van der Waals surface area contributed by atoms with Crippen molar-refractivity contribution >= 4 is 28.9 Å². The van der Waals surface area contributed by atoms with Gasteiger partial charge in [-0.05, 0) is 48.2 Å². The molecule has 0 saturated carbocycles. The van der Waals surface area contributed by atoms with E-state index in [1.807, 2.05) is 6.08 Å². The van der Waals surface area contributed by atoms with Gasteiger partial charge in [-0.3, -0.25) is 4.79 Å². The van der Waals surface area contributed by atoms with E-state index in [0.29, 0.717) is 4.91 Å². The van der Waals surface area contributed by atoms with E-state index in [-0.39, 0.29) is 23.5 Å². The van der Waals surface area contributed by atoms with Crippen LogP contribution in [-0.2, 0) is 14.9 Å². The fourth-order valence-electron chi connectivity index (χ4n) is 3.10. The quantitative estimate of drug-likeness (QED) is 0.710. The van der Waals surface area contributed by atoms with Crippen LogP contribution in [0.15, 0.2) is 34.2 Å². The van der Waals surface area contributed by atoms with Crippen LogP contribution in [0, 0.1) is 0 Å². The zero-order chi connectivity index (χ0) is 18.2. The summed E-state index contributed by atoms with van der Waals surface area (Å²) in [4.78, 5) is 19.4. The van der Waals surface area contributed by atoms with Gasteiger partial charge in [-0.25, -0.2) is 0 Å². The number of nitrogens with zero attached hydrogens (tertiary/aromatic N) is 2. The normalized spacial score (nSPS) is 26.3. The summed E-state index contributed by atoms with van der Waals surface area (Å²) in [5, 5.41) is 0.796. The predicted octanol–water partition coefficient (Wildman–Crippen LogP) is 4.06. The summed E-state index contributed by atoms with van der Waals surface area (Å²) < 4.78 is 5.76. The average molecular weight is 359 g/mol. The molecule has 0 unspecified atom stereocenters. The molecule has 25 heavy (non-hydrogen) atoms. The number of aliphatic imine (C=N–C) groups is 1. The van der Waals surface area contributed by atoms with E-state index in [2.05, 4.69) is 68.8 Å². The van der Waals surface area contributed by atoms with Gasteiger partial charge in [0.25, 0.3) is 5.91 Å². The van der Waals surface area contributed by atoms with Gasteiger partial charge in [0, 0.05) is 13.1 Å². The first-order chi connectivity index (χ1) is 11.7. The molecule has 0 radical (unpaired) electrons. The molecule has 1 fully saturated rings. The molecule has 0 bridgehead atoms. The summed E-state index contributed by atoms with van der Waals surface area (Å²) in [6, 6.07) is 8.39. The summed E-state index contributed by atoms with van der Waals surface area (Å²) in [5.74, 6) is -0.147. The van der Waals surface area contributed by atoms with Crippen LogP contribution in [0.25, 0.3) is 6.08 Å². The van der Waals surface area contributed by atoms with Gasteiger partial charge in [0.1, 0.15) is 0 Å². The van der Waals surface area contributed by atoms with Crippen molar-refractivity contribution in [2.24, 2.45) is 4.99 Å². The fraction of sp³-hybridized carbons (Fsp3) is 0.500. The maximum absolute atomic E-state index is 12.3. The molecule has 1 aromatic carbocycles. The number of hydrogen-bond acceptors (Lipinski definition) is 4. The van der Waals surface area contributed by atoms with Gasteiger partial charge < -0.3 is 9.64 Å². The molecular formula is C20H26N2O2S. The maximum Gasteiger partial charge on any atom is 0.286 e. The Bertz CT molecular complexity index is 706. The van der Waals surface area contributed by atoms with Crippen LogP contribution in [0.2, 0.25) is 0 Å². The smallest absolute Gasteiger partial charge is 0.286 e. The molecule has 134 valence electrons. The number of thioether (sulfide) groups is 1. The Labute approximate surface area is 154 Å². The van der Waals surface area contributed by atoms with Crippen molar-refractivity contribution in [1.82, 2.24) is 4.90 Å². The third-order valence-corrected chi connectivity index (χ3v) is 5.42. The zero-order valence-electron chi connectivity index (χ0n) is 15.6. The molecular weight excluding hydrogens is 332 g/mol. The summed E-state index contributed by atoms with van der Waals surface area (Å²) in [7, 11) is 0. The van der Waals surface area contributed by atoms with Crippen molar-refractivity contribution in [2.45, 2.75) is 52.2 Å². The molecule has 1 aromatic rings. The lowest BCUT2D eigenvalue weighted by Gasteiger charge is -2.35. The minimum Gasteiger partial charge on any atom is -0.372 e. The summed E-state index contributed by atoms with van der Waals surface area (Å²) in [6.45, 7) is 12.2. The second kappa shape index (κ2) is 6.96. The number of ether oxygens (including phenoxy) is 1. The lowest BCUT2D eigenvalue weighted by atomic mass is 9.87. The number of benzene rings is 1. The summed E-state index contributed by atoms with van der Waals surface area (Å²) in [6.07, 6.45) is 2.24. The number of amides is 1. The van der Waals surface area contributed by atoms with Crippen molar-refractivity contribution in [2.75, 3.05) is 13.1 Å². The summed E-state index contributed by atoms with van der Waals surface area (Å²) in [5.41, 5.74) is 2.45. The van der Waals surface area contributed by atoms with Crippen LogP contribution in [0.4, 0.5) is 0 Å². The Hall–Kier alpha value is -1.59. The minimum atomic E-state index is -0.147. The molecule has 2 aliphatic heterocycles. The van der Waals surface area contributed by atoms with E-state index in [1.54, 1.807) is 0 Å². The van der Waals surface area contributed by atoms with Gasteiger partial charge in [-0.2, -0.15) is 4.99 Å². The van der Waals surface area contributed by atoms with Crippen molar-refractivity contribution in [3.05, 3.63) is 40.3 Å². The van der Waals surface area contributed by atoms with Gasteiger partial charge in [-0.15, -0.1) is 0 Å². The molecule has 0 aliphatic carbocycles. The van der Waals surface area contributed by atoms with Crippen LogP contribution in [-0.4, -0.2) is 41.3 Å². The third-order valence-electron chi connectivity index (χ3n) is 4.37. The first-order valence-corrected chi connectivity index (χ1v) is 9.57. The molecule has 1 amide bonds. The van der Waals surface area contributed by atoms with E-state index >= 15 is 0 Å². The van der Waals surface area contributed by atoms with E-state index < -0.39 is 0 Å². The average Bonchev–Trinajstić information content (AvgIpc) is 2.87. The van der Waals surface area contributed by atoms with Gasteiger partial charge >= 0.3 is 0 Å². The Balaban J connectivity index is 1.73. The second-order valence-electron chi connectivity index (χ2n) is 7.84. The van der Waals surface area contributed by atoms with Gasteiger partial charge in [0.15, 0.2) is 5.17 Å². The second-order valence-corrected chi connectivity index (χ2v) is 8.85. The standard InChI is InChI=1S/C20H26N2O2S/c1-13-11-22(12-14(2)24-13)19-21-18(23)17(25-19)10-15-6-8-16(9-7-15)20(3,4)5/h6-10,13-14H,11-12H2,1-5H3/b17-10-/t13-,14+. The lowest BCUT2D eigenvalue weighted by molar-refractivity contribution is -0.113. The number of hydrogen-bond donors (Lipinski definition) is 0. The largest absolute Gasteiger partial charge is 0.372 e. The number of carbonyl (C=O) groups is 1. The first kappa shape index (κ1) is 18.2. The molecule has 0 spiro atoms. The van der Waals surface area contributed by atoms with E-state index in [9.17, 15) is 4.79 Å². The molecule has 3 rings (SSSR count). The molecule has 1 saturated heterocycles. The van der Waals surface area contributed by atoms with Crippen molar-refractivity contribution in [3.63, 3.8) is 0 Å². The first-order valence-electron chi connectivity index (χ1n) is 8.76. The van der Waals surface area contributed by atoms with Gasteiger partial charge in [-0.1, -0.05) is 45.0 Å². The van der Waals surface area contributed by atoms with Crippen LogP contribution >= 0.6 is 11.8 Å². The highest BCUT2D eigenvalue weighted by Crippen LogP contribution is 2.32. The Morgan fingerprint density at radius 3 is 2.32 bits per heavy atom. The monoisotopic (exact) mass is 358 g/mol. The van der Waals surface area contributed by atoms with Crippen LogP contribution in [0.1, 0.15) is 45.7 Å². The van der Waals surface area contributed by atoms with Crippen molar-refractivity contribution in [1.29, 1.82) is 0 Å². The van der Waals surface area contributed by atoms with Crippen LogP contribution in [0.5, 0.6) is 0 Å². The molecule has 4 nitrogen and oxygen atoms in total. The van der Waals surface area contributed by atoms with E-state index in [1.165, 1.54) is 17.3 Å². The zero-order valence-corrected chi connectivity index (χ0v) is 16.4. The molecule has 2 heterocycles. The minimum absolute atomic E-state index is 0.129. The molecule has 0 aromatic heterocycles. The Kier molecular flexibility index (Phi) is 5.07.